The molecule has 0 radical (unpaired) electrons. The molecule has 2 heteroatoms. The van der Waals surface area contributed by atoms with E-state index in [0.717, 1.165) is 13.0 Å². The van der Waals surface area contributed by atoms with E-state index >= 15 is 0 Å². The van der Waals surface area contributed by atoms with Gasteiger partial charge >= 0.3 is 0 Å². The van der Waals surface area contributed by atoms with Crippen LogP contribution in [0.25, 0.3) is 0 Å². The first-order chi connectivity index (χ1) is 4.93. The van der Waals surface area contributed by atoms with Crippen LogP contribution in [-0.4, -0.2) is 6.54 Å². The molecular weight excluding hydrogens is 158 g/mol. The highest BCUT2D eigenvalue weighted by atomic mass is 35.5. The fourth-order valence-corrected chi connectivity index (χ4v) is 1.49. The summed E-state index contributed by atoms with van der Waals surface area (Å²) in [6.07, 6.45) is 10.3. The van der Waals surface area contributed by atoms with Crippen LogP contribution in [-0.2, 0) is 0 Å². The molecule has 0 saturated heterocycles. The average Bonchev–Trinajstić information content (AvgIpc) is 2.17. The van der Waals surface area contributed by atoms with Gasteiger partial charge < -0.3 is 5.73 Å². The number of rotatable bonds is 2. The summed E-state index contributed by atoms with van der Waals surface area (Å²) in [6, 6.07) is 0. The van der Waals surface area contributed by atoms with Crippen molar-refractivity contribution in [3.63, 3.8) is 0 Å². The van der Waals surface area contributed by atoms with E-state index in [2.05, 4.69) is 6.08 Å². The van der Waals surface area contributed by atoms with Crippen LogP contribution >= 0.6 is 12.4 Å². The summed E-state index contributed by atoms with van der Waals surface area (Å²) in [6.45, 7) is 0.825. The Bertz CT molecular complexity index is 121. The monoisotopic (exact) mass is 175 g/mol. The molecule has 1 aliphatic carbocycles. The van der Waals surface area contributed by atoms with Gasteiger partial charge in [0.05, 0.1) is 0 Å². The van der Waals surface area contributed by atoms with E-state index in [1.165, 1.54) is 32.1 Å². The molecule has 1 rings (SSSR count). The van der Waals surface area contributed by atoms with E-state index in [9.17, 15) is 0 Å². The minimum absolute atomic E-state index is 0. The summed E-state index contributed by atoms with van der Waals surface area (Å²) in [5.41, 5.74) is 7.07. The van der Waals surface area contributed by atoms with E-state index in [-0.39, 0.29) is 12.4 Å². The molecule has 66 valence electrons. The summed E-state index contributed by atoms with van der Waals surface area (Å²) in [4.78, 5) is 0. The van der Waals surface area contributed by atoms with Crippen molar-refractivity contribution >= 4 is 12.4 Å². The zero-order chi connectivity index (χ0) is 7.23. The maximum atomic E-state index is 5.47. The Morgan fingerprint density at radius 2 is 2.09 bits per heavy atom. The van der Waals surface area contributed by atoms with Crippen LogP contribution in [0.2, 0.25) is 0 Å². The molecule has 0 aliphatic heterocycles. The Kier molecular flexibility index (Phi) is 6.68. The normalized spacial score (nSPS) is 18.1. The van der Waals surface area contributed by atoms with Gasteiger partial charge in [-0.2, -0.15) is 0 Å². The van der Waals surface area contributed by atoms with Crippen LogP contribution in [0.5, 0.6) is 0 Å². The molecule has 0 unspecified atom stereocenters. The molecule has 0 amide bonds. The Morgan fingerprint density at radius 3 is 2.82 bits per heavy atom. The van der Waals surface area contributed by atoms with Gasteiger partial charge in [-0.1, -0.05) is 18.1 Å². The number of allylic oxidation sites excluding steroid dienone is 1. The quantitative estimate of drug-likeness (QED) is 0.642. The van der Waals surface area contributed by atoms with Crippen molar-refractivity contribution in [3.05, 3.63) is 11.6 Å². The largest absolute Gasteiger partial charge is 0.330 e. The summed E-state index contributed by atoms with van der Waals surface area (Å²) >= 11 is 0. The molecule has 1 nitrogen and oxygen atoms in total. The number of hydrogen-bond donors (Lipinski definition) is 1. The smallest absolute Gasteiger partial charge is 0.00399 e. The maximum Gasteiger partial charge on any atom is -0.00399 e. The van der Waals surface area contributed by atoms with Crippen LogP contribution in [0, 0.1) is 0 Å². The first kappa shape index (κ1) is 11.0. The van der Waals surface area contributed by atoms with Crippen molar-refractivity contribution in [2.45, 2.75) is 38.5 Å². The number of halogens is 1. The lowest BCUT2D eigenvalue weighted by Crippen LogP contribution is -1.99. The highest BCUT2D eigenvalue weighted by molar-refractivity contribution is 5.85. The van der Waals surface area contributed by atoms with E-state index < -0.39 is 0 Å². The summed E-state index contributed by atoms with van der Waals surface area (Å²) in [5, 5.41) is 0. The molecule has 0 aromatic carbocycles. The van der Waals surface area contributed by atoms with E-state index in [0.29, 0.717) is 0 Å². The lowest BCUT2D eigenvalue weighted by atomic mass is 10.1. The van der Waals surface area contributed by atoms with Gasteiger partial charge in [-0.3, -0.25) is 0 Å². The SMILES string of the molecule is Cl.NCCC1=CCCCCC1. The predicted molar refractivity (Wildman–Crippen MR) is 52.1 cm³/mol. The molecule has 2 N–H and O–H groups in total. The van der Waals surface area contributed by atoms with E-state index in [1.807, 2.05) is 0 Å². The van der Waals surface area contributed by atoms with Crippen molar-refractivity contribution < 1.29 is 0 Å². The zero-order valence-electron chi connectivity index (χ0n) is 7.01. The third-order valence-corrected chi connectivity index (χ3v) is 2.10. The third kappa shape index (κ3) is 4.44. The van der Waals surface area contributed by atoms with Crippen molar-refractivity contribution in [2.24, 2.45) is 5.73 Å². The highest BCUT2D eigenvalue weighted by Crippen LogP contribution is 2.18. The van der Waals surface area contributed by atoms with Gasteiger partial charge in [-0.15, -0.1) is 12.4 Å². The Morgan fingerprint density at radius 1 is 1.27 bits per heavy atom. The van der Waals surface area contributed by atoms with Gasteiger partial charge in [0.25, 0.3) is 0 Å². The minimum Gasteiger partial charge on any atom is -0.330 e. The fraction of sp³-hybridized carbons (Fsp3) is 0.778. The summed E-state index contributed by atoms with van der Waals surface area (Å²) in [7, 11) is 0. The Labute approximate surface area is 75.5 Å². The van der Waals surface area contributed by atoms with Crippen LogP contribution in [0.4, 0.5) is 0 Å². The van der Waals surface area contributed by atoms with Crippen molar-refractivity contribution in [1.29, 1.82) is 0 Å². The molecule has 1 aliphatic rings. The lowest BCUT2D eigenvalue weighted by molar-refractivity contribution is 0.702. The topological polar surface area (TPSA) is 26.0 Å². The first-order valence-corrected chi connectivity index (χ1v) is 4.31. The third-order valence-electron chi connectivity index (χ3n) is 2.10. The minimum atomic E-state index is 0. The predicted octanol–water partition coefficient (Wildman–Crippen LogP) is 2.65. The van der Waals surface area contributed by atoms with Crippen molar-refractivity contribution in [3.8, 4) is 0 Å². The number of hydrogen-bond acceptors (Lipinski definition) is 1. The molecule has 0 aromatic heterocycles. The second-order valence-electron chi connectivity index (χ2n) is 3.00. The summed E-state index contributed by atoms with van der Waals surface area (Å²) < 4.78 is 0. The van der Waals surface area contributed by atoms with Crippen LogP contribution < -0.4 is 5.73 Å². The highest BCUT2D eigenvalue weighted by Gasteiger charge is 2.00. The molecule has 0 heterocycles. The average molecular weight is 176 g/mol. The zero-order valence-corrected chi connectivity index (χ0v) is 7.83. The van der Waals surface area contributed by atoms with Gasteiger partial charge in [0.15, 0.2) is 0 Å². The first-order valence-electron chi connectivity index (χ1n) is 4.31. The van der Waals surface area contributed by atoms with Gasteiger partial charge in [0, 0.05) is 0 Å². The van der Waals surface area contributed by atoms with Crippen molar-refractivity contribution in [1.82, 2.24) is 0 Å². The molecule has 11 heavy (non-hydrogen) atoms. The fourth-order valence-electron chi connectivity index (χ4n) is 1.49. The van der Waals surface area contributed by atoms with Gasteiger partial charge in [0.2, 0.25) is 0 Å². The Hall–Kier alpha value is -0.0100. The standard InChI is InChI=1S/C9H17N.ClH/c10-8-7-9-5-3-1-2-4-6-9;/h5H,1-4,6-8,10H2;1H. The molecule has 0 fully saturated rings. The molecular formula is C9H18ClN. The van der Waals surface area contributed by atoms with E-state index in [4.69, 9.17) is 5.73 Å². The lowest BCUT2D eigenvalue weighted by Gasteiger charge is -2.00. The second kappa shape index (κ2) is 6.68. The van der Waals surface area contributed by atoms with Crippen LogP contribution in [0.15, 0.2) is 11.6 Å². The molecule has 0 aromatic rings. The van der Waals surface area contributed by atoms with Crippen molar-refractivity contribution in [2.75, 3.05) is 6.54 Å². The Balaban J connectivity index is 0.000001000. The van der Waals surface area contributed by atoms with Crippen LogP contribution in [0.3, 0.4) is 0 Å². The molecule has 0 saturated carbocycles. The number of nitrogens with two attached hydrogens (primary N) is 1. The summed E-state index contributed by atoms with van der Waals surface area (Å²) in [5.74, 6) is 0. The maximum absolute atomic E-state index is 5.47. The molecule has 0 atom stereocenters. The second-order valence-corrected chi connectivity index (χ2v) is 3.00. The van der Waals surface area contributed by atoms with Crippen LogP contribution in [0.1, 0.15) is 38.5 Å². The van der Waals surface area contributed by atoms with E-state index in [1.54, 1.807) is 5.57 Å². The molecule has 0 bridgehead atoms. The molecule has 0 spiro atoms. The van der Waals surface area contributed by atoms with Gasteiger partial charge in [-0.05, 0) is 38.6 Å². The van der Waals surface area contributed by atoms with Gasteiger partial charge in [0.1, 0.15) is 0 Å². The van der Waals surface area contributed by atoms with Gasteiger partial charge in [-0.25, -0.2) is 0 Å².